The SMILES string of the molecule is CCN(CC)S(=O)(=O)c1ccc(CNC(=O)NC(C)c2ccc3ccccc3c2)cc1. The molecule has 0 aliphatic carbocycles. The van der Waals surface area contributed by atoms with Gasteiger partial charge in [-0.2, -0.15) is 4.31 Å². The minimum atomic E-state index is -3.48. The lowest BCUT2D eigenvalue weighted by atomic mass is 10.0. The molecular formula is C24H29N3O3S. The molecule has 3 rings (SSSR count). The molecule has 0 aromatic heterocycles. The van der Waals surface area contributed by atoms with Gasteiger partial charge in [0.2, 0.25) is 10.0 Å². The third-order valence-corrected chi connectivity index (χ3v) is 7.40. The molecule has 0 spiro atoms. The van der Waals surface area contributed by atoms with Crippen LogP contribution in [0, 0.1) is 0 Å². The summed E-state index contributed by atoms with van der Waals surface area (Å²) in [6, 6.07) is 20.4. The minimum absolute atomic E-state index is 0.147. The van der Waals surface area contributed by atoms with Gasteiger partial charge in [-0.1, -0.05) is 62.4 Å². The van der Waals surface area contributed by atoms with E-state index in [-0.39, 0.29) is 17.0 Å². The van der Waals surface area contributed by atoms with Crippen LogP contribution in [-0.4, -0.2) is 31.8 Å². The van der Waals surface area contributed by atoms with Crippen molar-refractivity contribution >= 4 is 26.8 Å². The van der Waals surface area contributed by atoms with Crippen molar-refractivity contribution in [2.45, 2.75) is 38.3 Å². The molecule has 31 heavy (non-hydrogen) atoms. The van der Waals surface area contributed by atoms with Crippen LogP contribution in [0.15, 0.2) is 71.6 Å². The highest BCUT2D eigenvalue weighted by atomic mass is 32.2. The number of hydrogen-bond donors (Lipinski definition) is 2. The molecule has 3 aromatic rings. The zero-order valence-electron chi connectivity index (χ0n) is 18.1. The number of nitrogens with one attached hydrogen (secondary N) is 2. The van der Waals surface area contributed by atoms with Gasteiger partial charge in [0.05, 0.1) is 10.9 Å². The number of rotatable bonds is 8. The predicted octanol–water partition coefficient (Wildman–Crippen LogP) is 4.43. The Kier molecular flexibility index (Phi) is 7.30. The number of benzene rings is 3. The van der Waals surface area contributed by atoms with E-state index in [2.05, 4.69) is 34.9 Å². The molecule has 0 saturated carbocycles. The summed E-state index contributed by atoms with van der Waals surface area (Å²) in [6.45, 7) is 6.74. The van der Waals surface area contributed by atoms with Crippen molar-refractivity contribution < 1.29 is 13.2 Å². The number of sulfonamides is 1. The van der Waals surface area contributed by atoms with Gasteiger partial charge < -0.3 is 10.6 Å². The van der Waals surface area contributed by atoms with Crippen molar-refractivity contribution in [2.75, 3.05) is 13.1 Å². The van der Waals surface area contributed by atoms with E-state index in [0.717, 1.165) is 21.9 Å². The normalized spacial score (nSPS) is 12.6. The van der Waals surface area contributed by atoms with Crippen molar-refractivity contribution in [1.82, 2.24) is 14.9 Å². The Balaban J connectivity index is 1.57. The van der Waals surface area contributed by atoms with Crippen LogP contribution in [0.3, 0.4) is 0 Å². The number of carbonyl (C=O) groups excluding carboxylic acids is 1. The zero-order valence-corrected chi connectivity index (χ0v) is 18.9. The van der Waals surface area contributed by atoms with Crippen LogP contribution in [0.25, 0.3) is 10.8 Å². The Morgan fingerprint density at radius 1 is 0.935 bits per heavy atom. The summed E-state index contributed by atoms with van der Waals surface area (Å²) in [6.07, 6.45) is 0. The molecule has 0 radical (unpaired) electrons. The first-order chi connectivity index (χ1) is 14.8. The highest BCUT2D eigenvalue weighted by molar-refractivity contribution is 7.89. The average Bonchev–Trinajstić information content (AvgIpc) is 2.78. The van der Waals surface area contributed by atoms with E-state index in [1.807, 2.05) is 39.0 Å². The van der Waals surface area contributed by atoms with Crippen molar-refractivity contribution in [1.29, 1.82) is 0 Å². The van der Waals surface area contributed by atoms with E-state index in [1.165, 1.54) is 4.31 Å². The number of fused-ring (bicyclic) bond motifs is 1. The topological polar surface area (TPSA) is 78.5 Å². The van der Waals surface area contributed by atoms with Gasteiger partial charge in [0.15, 0.2) is 0 Å². The summed E-state index contributed by atoms with van der Waals surface area (Å²) in [5, 5.41) is 8.07. The highest BCUT2D eigenvalue weighted by Gasteiger charge is 2.21. The molecule has 0 heterocycles. The smallest absolute Gasteiger partial charge is 0.315 e. The minimum Gasteiger partial charge on any atom is -0.334 e. The van der Waals surface area contributed by atoms with Crippen LogP contribution in [0.4, 0.5) is 4.79 Å². The monoisotopic (exact) mass is 439 g/mol. The van der Waals surface area contributed by atoms with Crippen molar-refractivity contribution in [3.8, 4) is 0 Å². The van der Waals surface area contributed by atoms with E-state index in [1.54, 1.807) is 24.3 Å². The van der Waals surface area contributed by atoms with E-state index >= 15 is 0 Å². The Labute approximate surface area is 184 Å². The molecule has 1 atom stereocenters. The fourth-order valence-electron chi connectivity index (χ4n) is 3.48. The second kappa shape index (κ2) is 9.94. The van der Waals surface area contributed by atoms with Gasteiger partial charge >= 0.3 is 6.03 Å². The van der Waals surface area contributed by atoms with Gasteiger partial charge in [-0.15, -0.1) is 0 Å². The van der Waals surface area contributed by atoms with Crippen LogP contribution in [-0.2, 0) is 16.6 Å². The lowest BCUT2D eigenvalue weighted by Gasteiger charge is -2.18. The first kappa shape index (κ1) is 22.8. The van der Waals surface area contributed by atoms with Gasteiger partial charge in [0, 0.05) is 19.6 Å². The lowest BCUT2D eigenvalue weighted by Crippen LogP contribution is -2.36. The summed E-state index contributed by atoms with van der Waals surface area (Å²) in [5.74, 6) is 0. The lowest BCUT2D eigenvalue weighted by molar-refractivity contribution is 0.237. The van der Waals surface area contributed by atoms with Crippen molar-refractivity contribution in [2.24, 2.45) is 0 Å². The Morgan fingerprint density at radius 3 is 2.23 bits per heavy atom. The fourth-order valence-corrected chi connectivity index (χ4v) is 4.94. The highest BCUT2D eigenvalue weighted by Crippen LogP contribution is 2.20. The first-order valence-electron chi connectivity index (χ1n) is 10.5. The Bertz CT molecular complexity index is 1140. The molecule has 2 N–H and O–H groups in total. The summed E-state index contributed by atoms with van der Waals surface area (Å²) in [4.78, 5) is 12.6. The maximum Gasteiger partial charge on any atom is 0.315 e. The molecule has 0 bridgehead atoms. The predicted molar refractivity (Wildman–Crippen MR) is 124 cm³/mol. The molecule has 0 aliphatic rings. The Hall–Kier alpha value is -2.90. The summed E-state index contributed by atoms with van der Waals surface area (Å²) in [7, 11) is -3.48. The summed E-state index contributed by atoms with van der Waals surface area (Å²) >= 11 is 0. The van der Waals surface area contributed by atoms with Crippen LogP contribution < -0.4 is 10.6 Å². The van der Waals surface area contributed by atoms with Crippen LogP contribution in [0.2, 0.25) is 0 Å². The first-order valence-corrected chi connectivity index (χ1v) is 11.9. The number of nitrogens with zero attached hydrogens (tertiary/aromatic N) is 1. The van der Waals surface area contributed by atoms with Gasteiger partial charge in [-0.25, -0.2) is 13.2 Å². The van der Waals surface area contributed by atoms with Crippen LogP contribution >= 0.6 is 0 Å². The van der Waals surface area contributed by atoms with Gasteiger partial charge in [0.1, 0.15) is 0 Å². The fraction of sp³-hybridized carbons (Fsp3) is 0.292. The van der Waals surface area contributed by atoms with E-state index in [4.69, 9.17) is 0 Å². The van der Waals surface area contributed by atoms with Gasteiger partial charge in [0.25, 0.3) is 0 Å². The third kappa shape index (κ3) is 5.42. The van der Waals surface area contributed by atoms with E-state index in [0.29, 0.717) is 19.6 Å². The van der Waals surface area contributed by atoms with Crippen LogP contribution in [0.1, 0.15) is 37.9 Å². The molecule has 6 nitrogen and oxygen atoms in total. The van der Waals surface area contributed by atoms with Gasteiger partial charge in [-0.3, -0.25) is 0 Å². The van der Waals surface area contributed by atoms with Crippen LogP contribution in [0.5, 0.6) is 0 Å². The van der Waals surface area contributed by atoms with E-state index < -0.39 is 10.0 Å². The summed E-state index contributed by atoms with van der Waals surface area (Å²) < 4.78 is 26.5. The molecule has 1 unspecified atom stereocenters. The maximum atomic E-state index is 12.6. The second-order valence-electron chi connectivity index (χ2n) is 7.39. The van der Waals surface area contributed by atoms with Gasteiger partial charge in [-0.05, 0) is 47.0 Å². The third-order valence-electron chi connectivity index (χ3n) is 5.34. The zero-order chi connectivity index (χ0) is 22.4. The number of urea groups is 1. The second-order valence-corrected chi connectivity index (χ2v) is 9.33. The molecule has 164 valence electrons. The molecule has 7 heteroatoms. The standard InChI is InChI=1S/C24H29N3O3S/c1-4-27(5-2)31(29,30)23-14-10-19(11-15-23)17-25-24(28)26-18(3)21-13-12-20-8-6-7-9-22(20)16-21/h6-16,18H,4-5,17H2,1-3H3,(H2,25,26,28). The number of amides is 2. The summed E-state index contributed by atoms with van der Waals surface area (Å²) in [5.41, 5.74) is 1.85. The van der Waals surface area contributed by atoms with E-state index in [9.17, 15) is 13.2 Å². The molecule has 0 fully saturated rings. The largest absolute Gasteiger partial charge is 0.334 e. The van der Waals surface area contributed by atoms with Crippen molar-refractivity contribution in [3.05, 3.63) is 77.9 Å². The molecule has 3 aromatic carbocycles. The number of carbonyl (C=O) groups is 1. The Morgan fingerprint density at radius 2 is 1.58 bits per heavy atom. The van der Waals surface area contributed by atoms with Crippen molar-refractivity contribution in [3.63, 3.8) is 0 Å². The quantitative estimate of drug-likeness (QED) is 0.545. The molecule has 2 amide bonds. The average molecular weight is 440 g/mol. The number of hydrogen-bond acceptors (Lipinski definition) is 3. The molecular weight excluding hydrogens is 410 g/mol. The molecule has 0 aliphatic heterocycles. The maximum absolute atomic E-state index is 12.6. The molecule has 0 saturated heterocycles.